The minimum Gasteiger partial charge on any atom is -0.324 e. The number of carbonyl (C=O) groups is 2. The Morgan fingerprint density at radius 1 is 1.10 bits per heavy atom. The highest BCUT2D eigenvalue weighted by Crippen LogP contribution is 2.29. The van der Waals surface area contributed by atoms with Gasteiger partial charge in [-0.05, 0) is 24.6 Å². The van der Waals surface area contributed by atoms with Crippen LogP contribution in [0.25, 0.3) is 0 Å². The minimum absolute atomic E-state index is 0.179. The Morgan fingerprint density at radius 2 is 1.81 bits per heavy atom. The number of hydrogen-bond donors (Lipinski definition) is 3. The fraction of sp³-hybridized carbons (Fsp3) is 0.125. The second kappa shape index (κ2) is 5.38. The highest BCUT2D eigenvalue weighted by Gasteiger charge is 2.30. The third-order valence-corrected chi connectivity index (χ3v) is 3.51. The normalized spacial score (nSPS) is 16.2. The van der Waals surface area contributed by atoms with E-state index < -0.39 is 6.04 Å². The second-order valence-electron chi connectivity index (χ2n) is 4.92. The monoisotopic (exact) mass is 281 g/mol. The average Bonchev–Trinajstić information content (AvgIpc) is 2.81. The fourth-order valence-corrected chi connectivity index (χ4v) is 2.38. The molecule has 3 N–H and O–H groups in total. The maximum atomic E-state index is 12.1. The molecule has 0 saturated heterocycles. The lowest BCUT2D eigenvalue weighted by Gasteiger charge is -2.13. The van der Waals surface area contributed by atoms with E-state index in [1.807, 2.05) is 43.3 Å². The van der Waals surface area contributed by atoms with E-state index >= 15 is 0 Å². The number of anilines is 1. The summed E-state index contributed by atoms with van der Waals surface area (Å²) in [6.07, 6.45) is 0. The van der Waals surface area contributed by atoms with Gasteiger partial charge in [-0.1, -0.05) is 36.4 Å². The van der Waals surface area contributed by atoms with Crippen LogP contribution in [0.2, 0.25) is 0 Å². The van der Waals surface area contributed by atoms with Crippen molar-refractivity contribution < 1.29 is 9.59 Å². The van der Waals surface area contributed by atoms with E-state index in [1.165, 1.54) is 0 Å². The van der Waals surface area contributed by atoms with Gasteiger partial charge < -0.3 is 5.32 Å². The molecule has 1 atom stereocenters. The van der Waals surface area contributed by atoms with Gasteiger partial charge in [-0.2, -0.15) is 0 Å². The lowest BCUT2D eigenvalue weighted by atomic mass is 10.1. The van der Waals surface area contributed by atoms with Crippen molar-refractivity contribution in [3.05, 3.63) is 65.2 Å². The van der Waals surface area contributed by atoms with Crippen molar-refractivity contribution in [1.82, 2.24) is 10.9 Å². The molecule has 1 unspecified atom stereocenters. The Kier molecular flexibility index (Phi) is 3.41. The van der Waals surface area contributed by atoms with Crippen molar-refractivity contribution >= 4 is 17.5 Å². The van der Waals surface area contributed by atoms with Gasteiger partial charge in [0.15, 0.2) is 0 Å². The first kappa shape index (κ1) is 13.3. The molecule has 0 bridgehead atoms. The van der Waals surface area contributed by atoms with Gasteiger partial charge in [-0.3, -0.25) is 15.0 Å². The van der Waals surface area contributed by atoms with Crippen molar-refractivity contribution in [3.63, 3.8) is 0 Å². The molecule has 1 heterocycles. The maximum absolute atomic E-state index is 12.1. The van der Waals surface area contributed by atoms with Gasteiger partial charge in [-0.15, -0.1) is 0 Å². The van der Waals surface area contributed by atoms with E-state index in [-0.39, 0.29) is 11.8 Å². The lowest BCUT2D eigenvalue weighted by molar-refractivity contribution is -0.117. The number of hydrazine groups is 1. The van der Waals surface area contributed by atoms with Crippen LogP contribution in [0.3, 0.4) is 0 Å². The molecule has 3 rings (SSSR count). The molecule has 0 aromatic heterocycles. The van der Waals surface area contributed by atoms with E-state index in [1.54, 1.807) is 12.1 Å². The lowest BCUT2D eigenvalue weighted by Crippen LogP contribution is -2.42. The summed E-state index contributed by atoms with van der Waals surface area (Å²) in [6, 6.07) is 14.1. The summed E-state index contributed by atoms with van der Waals surface area (Å²) in [5.41, 5.74) is 8.46. The summed E-state index contributed by atoms with van der Waals surface area (Å²) in [6.45, 7) is 1.87. The summed E-state index contributed by atoms with van der Waals surface area (Å²) in [5, 5.41) is 2.77. The Balaban J connectivity index is 1.73. The van der Waals surface area contributed by atoms with Crippen molar-refractivity contribution in [3.8, 4) is 0 Å². The van der Waals surface area contributed by atoms with Crippen molar-refractivity contribution in [1.29, 1.82) is 0 Å². The summed E-state index contributed by atoms with van der Waals surface area (Å²) < 4.78 is 0. The van der Waals surface area contributed by atoms with Crippen LogP contribution in [0.5, 0.6) is 0 Å². The predicted octanol–water partition coefficient (Wildman–Crippen LogP) is 1.92. The summed E-state index contributed by atoms with van der Waals surface area (Å²) in [4.78, 5) is 24.1. The third kappa shape index (κ3) is 2.51. The number of carbonyl (C=O) groups excluding carboxylic acids is 2. The molecule has 5 heteroatoms. The average molecular weight is 281 g/mol. The molecule has 2 aromatic rings. The van der Waals surface area contributed by atoms with E-state index in [4.69, 9.17) is 0 Å². The summed E-state index contributed by atoms with van der Waals surface area (Å²) in [7, 11) is 0. The molecule has 2 aromatic carbocycles. The van der Waals surface area contributed by atoms with Gasteiger partial charge in [-0.25, -0.2) is 5.43 Å². The number of aryl methyl sites for hydroxylation is 1. The minimum atomic E-state index is -0.575. The molecular weight excluding hydrogens is 266 g/mol. The smallest absolute Gasteiger partial charge is 0.265 e. The number of amides is 2. The molecule has 0 aliphatic carbocycles. The maximum Gasteiger partial charge on any atom is 0.265 e. The molecule has 106 valence electrons. The van der Waals surface area contributed by atoms with E-state index in [0.29, 0.717) is 5.56 Å². The van der Waals surface area contributed by atoms with Crippen LogP contribution in [-0.2, 0) is 4.79 Å². The first-order valence-corrected chi connectivity index (χ1v) is 6.68. The van der Waals surface area contributed by atoms with Gasteiger partial charge in [0.2, 0.25) is 5.91 Å². The number of hydrogen-bond acceptors (Lipinski definition) is 3. The SMILES string of the molecule is Cc1ccccc1C(=O)NNC1C(=O)Nc2ccccc21. The standard InChI is InChI=1S/C16H15N3O2/c1-10-6-2-3-7-11(10)15(20)19-18-14-12-8-4-5-9-13(12)17-16(14)21/h2-9,14,18H,1H3,(H,17,21)(H,19,20). The molecule has 2 amide bonds. The Labute approximate surface area is 122 Å². The first-order valence-electron chi connectivity index (χ1n) is 6.68. The van der Waals surface area contributed by atoms with Crippen LogP contribution < -0.4 is 16.2 Å². The van der Waals surface area contributed by atoms with Crippen LogP contribution in [0.4, 0.5) is 5.69 Å². The second-order valence-corrected chi connectivity index (χ2v) is 4.92. The number of rotatable bonds is 3. The topological polar surface area (TPSA) is 70.2 Å². The van der Waals surface area contributed by atoms with E-state index in [9.17, 15) is 9.59 Å². The number of nitrogens with one attached hydrogen (secondary N) is 3. The summed E-state index contributed by atoms with van der Waals surface area (Å²) >= 11 is 0. The Hall–Kier alpha value is -2.66. The number of benzene rings is 2. The molecule has 21 heavy (non-hydrogen) atoms. The van der Waals surface area contributed by atoms with Crippen molar-refractivity contribution in [2.75, 3.05) is 5.32 Å². The van der Waals surface area contributed by atoms with Gasteiger partial charge in [0, 0.05) is 16.8 Å². The van der Waals surface area contributed by atoms with Crippen molar-refractivity contribution in [2.45, 2.75) is 13.0 Å². The first-order chi connectivity index (χ1) is 10.2. The fourth-order valence-electron chi connectivity index (χ4n) is 2.38. The van der Waals surface area contributed by atoms with Gasteiger partial charge in [0.25, 0.3) is 5.91 Å². The Bertz CT molecular complexity index is 712. The Morgan fingerprint density at radius 3 is 2.62 bits per heavy atom. The zero-order chi connectivity index (χ0) is 14.8. The van der Waals surface area contributed by atoms with Crippen LogP contribution in [0.15, 0.2) is 48.5 Å². The molecule has 0 radical (unpaired) electrons. The highest BCUT2D eigenvalue weighted by atomic mass is 16.2. The number of para-hydroxylation sites is 1. The third-order valence-electron chi connectivity index (χ3n) is 3.51. The molecular formula is C16H15N3O2. The predicted molar refractivity (Wildman–Crippen MR) is 79.6 cm³/mol. The zero-order valence-corrected chi connectivity index (χ0v) is 11.5. The summed E-state index contributed by atoms with van der Waals surface area (Å²) in [5.74, 6) is -0.438. The van der Waals surface area contributed by atoms with Crippen LogP contribution in [0, 0.1) is 6.92 Å². The van der Waals surface area contributed by atoms with Crippen LogP contribution >= 0.6 is 0 Å². The van der Waals surface area contributed by atoms with E-state index in [2.05, 4.69) is 16.2 Å². The molecule has 0 saturated carbocycles. The van der Waals surface area contributed by atoms with Gasteiger partial charge in [0.1, 0.15) is 6.04 Å². The van der Waals surface area contributed by atoms with Crippen LogP contribution in [0.1, 0.15) is 27.5 Å². The van der Waals surface area contributed by atoms with Gasteiger partial charge >= 0.3 is 0 Å². The quantitative estimate of drug-likeness (QED) is 0.753. The molecule has 1 aliphatic heterocycles. The molecule has 0 spiro atoms. The van der Waals surface area contributed by atoms with E-state index in [0.717, 1.165) is 16.8 Å². The molecule has 1 aliphatic rings. The molecule has 0 fully saturated rings. The largest absolute Gasteiger partial charge is 0.324 e. The molecule has 5 nitrogen and oxygen atoms in total. The van der Waals surface area contributed by atoms with Gasteiger partial charge in [0.05, 0.1) is 0 Å². The zero-order valence-electron chi connectivity index (χ0n) is 11.5. The van der Waals surface area contributed by atoms with Crippen LogP contribution in [-0.4, -0.2) is 11.8 Å². The van der Waals surface area contributed by atoms with Crippen molar-refractivity contribution in [2.24, 2.45) is 0 Å². The number of fused-ring (bicyclic) bond motifs is 1. The highest BCUT2D eigenvalue weighted by molar-refractivity contribution is 6.03.